The van der Waals surface area contributed by atoms with E-state index in [1.165, 1.54) is 5.56 Å². The molecule has 3 rings (SSSR count). The van der Waals surface area contributed by atoms with E-state index in [4.69, 9.17) is 17.3 Å². The predicted octanol–water partition coefficient (Wildman–Crippen LogP) is 3.29. The molecule has 22 heavy (non-hydrogen) atoms. The molecule has 3 N–H and O–H groups in total. The van der Waals surface area contributed by atoms with Crippen LogP contribution in [0.2, 0.25) is 5.02 Å². The Balaban J connectivity index is 1.79. The number of aromatic amines is 1. The largest absolute Gasteiger partial charge is 0.327 e. The lowest BCUT2D eigenvalue weighted by Gasteiger charge is -2.42. The second-order valence-corrected chi connectivity index (χ2v) is 7.31. The highest BCUT2D eigenvalue weighted by atomic mass is 35.5. The maximum Gasteiger partial charge on any atom is 0.0695 e. The number of piperidine rings is 1. The summed E-state index contributed by atoms with van der Waals surface area (Å²) < 4.78 is 0. The predicted molar refractivity (Wildman–Crippen MR) is 90.7 cm³/mol. The second kappa shape index (κ2) is 6.03. The zero-order valence-electron chi connectivity index (χ0n) is 13.1. The van der Waals surface area contributed by atoms with Gasteiger partial charge >= 0.3 is 0 Å². The first kappa shape index (κ1) is 15.5. The van der Waals surface area contributed by atoms with E-state index in [1.54, 1.807) is 0 Å². The van der Waals surface area contributed by atoms with Gasteiger partial charge in [0.15, 0.2) is 0 Å². The van der Waals surface area contributed by atoms with Crippen molar-refractivity contribution in [1.82, 2.24) is 15.1 Å². The molecule has 1 unspecified atom stereocenters. The zero-order chi connectivity index (χ0) is 15.7. The number of nitrogens with one attached hydrogen (secondary N) is 1. The van der Waals surface area contributed by atoms with Crippen LogP contribution in [0.5, 0.6) is 0 Å². The summed E-state index contributed by atoms with van der Waals surface area (Å²) in [4.78, 5) is 2.46. The van der Waals surface area contributed by atoms with Crippen molar-refractivity contribution in [2.75, 3.05) is 13.1 Å². The molecular weight excluding hydrogens is 296 g/mol. The number of nitrogens with zero attached hydrogens (tertiary/aromatic N) is 2. The van der Waals surface area contributed by atoms with E-state index in [0.29, 0.717) is 0 Å². The first-order chi connectivity index (χ1) is 10.5. The Kier molecular flexibility index (Phi) is 4.26. The van der Waals surface area contributed by atoms with Crippen LogP contribution < -0.4 is 5.73 Å². The molecule has 0 bridgehead atoms. The van der Waals surface area contributed by atoms with Crippen LogP contribution in [0.4, 0.5) is 0 Å². The SMILES string of the molecule is CC1(C)CN(Cc2cn[nH]c2-c2cccc(Cl)c2)CCC1N. The number of likely N-dealkylation sites (tertiary alicyclic amines) is 1. The number of aromatic nitrogens is 2. The van der Waals surface area contributed by atoms with Gasteiger partial charge in [-0.2, -0.15) is 5.10 Å². The Bertz CT molecular complexity index is 650. The third kappa shape index (κ3) is 3.19. The number of hydrogen-bond acceptors (Lipinski definition) is 3. The fourth-order valence-corrected chi connectivity index (χ4v) is 3.38. The van der Waals surface area contributed by atoms with Crippen LogP contribution in [-0.2, 0) is 6.54 Å². The molecule has 118 valence electrons. The molecule has 1 atom stereocenters. The first-order valence-electron chi connectivity index (χ1n) is 7.72. The fourth-order valence-electron chi connectivity index (χ4n) is 3.19. The Hall–Kier alpha value is -1.36. The number of halogens is 1. The van der Waals surface area contributed by atoms with Gasteiger partial charge in [-0.3, -0.25) is 10.00 Å². The van der Waals surface area contributed by atoms with Gasteiger partial charge < -0.3 is 5.73 Å². The molecule has 1 aromatic carbocycles. The van der Waals surface area contributed by atoms with Crippen molar-refractivity contribution in [3.63, 3.8) is 0 Å². The quantitative estimate of drug-likeness (QED) is 0.913. The molecule has 0 aliphatic carbocycles. The van der Waals surface area contributed by atoms with Gasteiger partial charge in [0.2, 0.25) is 0 Å². The van der Waals surface area contributed by atoms with Gasteiger partial charge in [-0.1, -0.05) is 37.6 Å². The van der Waals surface area contributed by atoms with E-state index in [0.717, 1.165) is 42.3 Å². The van der Waals surface area contributed by atoms with Crippen LogP contribution in [0, 0.1) is 5.41 Å². The topological polar surface area (TPSA) is 57.9 Å². The summed E-state index contributed by atoms with van der Waals surface area (Å²) in [5.41, 5.74) is 9.71. The molecule has 1 saturated heterocycles. The molecule has 2 aromatic rings. The lowest BCUT2D eigenvalue weighted by Crippen LogP contribution is -2.52. The molecule has 4 nitrogen and oxygen atoms in total. The van der Waals surface area contributed by atoms with Gasteiger partial charge in [0.05, 0.1) is 11.9 Å². The van der Waals surface area contributed by atoms with Crippen LogP contribution in [0.3, 0.4) is 0 Å². The van der Waals surface area contributed by atoms with Crippen LogP contribution in [-0.4, -0.2) is 34.2 Å². The number of rotatable bonds is 3. The fraction of sp³-hybridized carbons (Fsp3) is 0.471. The number of nitrogens with two attached hydrogens (primary N) is 1. The number of hydrogen-bond donors (Lipinski definition) is 2. The van der Waals surface area contributed by atoms with Gasteiger partial charge in [-0.15, -0.1) is 0 Å². The monoisotopic (exact) mass is 318 g/mol. The minimum atomic E-state index is 0.151. The number of H-pyrrole nitrogens is 1. The average Bonchev–Trinajstić information content (AvgIpc) is 2.91. The van der Waals surface area contributed by atoms with E-state index in [9.17, 15) is 0 Å². The summed E-state index contributed by atoms with van der Waals surface area (Å²) in [6.45, 7) is 7.42. The molecule has 5 heteroatoms. The maximum absolute atomic E-state index is 6.23. The Morgan fingerprint density at radius 2 is 2.27 bits per heavy atom. The van der Waals surface area contributed by atoms with E-state index in [1.807, 2.05) is 24.4 Å². The highest BCUT2D eigenvalue weighted by Crippen LogP contribution is 2.30. The summed E-state index contributed by atoms with van der Waals surface area (Å²) in [6.07, 6.45) is 2.95. The zero-order valence-corrected chi connectivity index (χ0v) is 13.9. The van der Waals surface area contributed by atoms with Crippen molar-refractivity contribution in [3.05, 3.63) is 41.0 Å². The molecular formula is C17H23ClN4. The van der Waals surface area contributed by atoms with Crippen LogP contribution in [0.25, 0.3) is 11.3 Å². The molecule has 0 saturated carbocycles. The molecule has 1 aliphatic rings. The molecule has 0 amide bonds. The molecule has 2 heterocycles. The second-order valence-electron chi connectivity index (χ2n) is 6.87. The van der Waals surface area contributed by atoms with Crippen molar-refractivity contribution in [2.45, 2.75) is 32.9 Å². The number of benzene rings is 1. The van der Waals surface area contributed by atoms with Crippen molar-refractivity contribution < 1.29 is 0 Å². The maximum atomic E-state index is 6.23. The van der Waals surface area contributed by atoms with Gasteiger partial charge in [-0.25, -0.2) is 0 Å². The Morgan fingerprint density at radius 3 is 3.00 bits per heavy atom. The summed E-state index contributed by atoms with van der Waals surface area (Å²) in [6, 6.07) is 8.15. The summed E-state index contributed by atoms with van der Waals surface area (Å²) in [7, 11) is 0. The summed E-state index contributed by atoms with van der Waals surface area (Å²) in [5, 5.41) is 8.07. The molecule has 0 radical (unpaired) electrons. The van der Waals surface area contributed by atoms with Gasteiger partial charge in [0, 0.05) is 41.8 Å². The lowest BCUT2D eigenvalue weighted by molar-refractivity contribution is 0.0900. The van der Waals surface area contributed by atoms with Crippen LogP contribution >= 0.6 is 11.6 Å². The van der Waals surface area contributed by atoms with E-state index in [2.05, 4.69) is 35.0 Å². The van der Waals surface area contributed by atoms with Crippen LogP contribution in [0.15, 0.2) is 30.5 Å². The van der Waals surface area contributed by atoms with E-state index < -0.39 is 0 Å². The third-order valence-corrected chi connectivity index (χ3v) is 4.85. The van der Waals surface area contributed by atoms with Gasteiger partial charge in [0.1, 0.15) is 0 Å². The minimum Gasteiger partial charge on any atom is -0.327 e. The summed E-state index contributed by atoms with van der Waals surface area (Å²) in [5.74, 6) is 0. The Morgan fingerprint density at radius 1 is 1.45 bits per heavy atom. The van der Waals surface area contributed by atoms with Crippen molar-refractivity contribution in [2.24, 2.45) is 11.1 Å². The smallest absolute Gasteiger partial charge is 0.0695 e. The molecule has 1 aromatic heterocycles. The molecule has 1 aliphatic heterocycles. The highest BCUT2D eigenvalue weighted by molar-refractivity contribution is 6.30. The Labute approximate surface area is 136 Å². The third-order valence-electron chi connectivity index (χ3n) is 4.62. The van der Waals surface area contributed by atoms with E-state index in [-0.39, 0.29) is 11.5 Å². The van der Waals surface area contributed by atoms with Gasteiger partial charge in [-0.05, 0) is 24.0 Å². The van der Waals surface area contributed by atoms with Crippen molar-refractivity contribution >= 4 is 11.6 Å². The van der Waals surface area contributed by atoms with E-state index >= 15 is 0 Å². The van der Waals surface area contributed by atoms with Gasteiger partial charge in [0.25, 0.3) is 0 Å². The van der Waals surface area contributed by atoms with Crippen molar-refractivity contribution in [1.29, 1.82) is 0 Å². The van der Waals surface area contributed by atoms with Crippen LogP contribution in [0.1, 0.15) is 25.8 Å². The standard InChI is InChI=1S/C17H23ClN4/c1-17(2)11-22(7-6-15(17)19)10-13-9-20-21-16(13)12-4-3-5-14(18)8-12/h3-5,8-9,15H,6-7,10-11,19H2,1-2H3,(H,20,21). The highest BCUT2D eigenvalue weighted by Gasteiger charge is 2.33. The normalized spacial score (nSPS) is 21.9. The lowest BCUT2D eigenvalue weighted by atomic mass is 9.79. The summed E-state index contributed by atoms with van der Waals surface area (Å²) >= 11 is 6.10. The first-order valence-corrected chi connectivity index (χ1v) is 8.09. The molecule has 1 fully saturated rings. The van der Waals surface area contributed by atoms with Crippen molar-refractivity contribution in [3.8, 4) is 11.3 Å². The minimum absolute atomic E-state index is 0.151. The average molecular weight is 319 g/mol. The molecule has 0 spiro atoms.